The summed E-state index contributed by atoms with van der Waals surface area (Å²) >= 11 is 0. The first-order valence-electron chi connectivity index (χ1n) is 12.5. The summed E-state index contributed by atoms with van der Waals surface area (Å²) in [6, 6.07) is 9.00. The Bertz CT molecular complexity index is 1270. The number of rotatable bonds is 10. The van der Waals surface area contributed by atoms with Gasteiger partial charge in [0.05, 0.1) is 24.1 Å². The second-order valence-electron chi connectivity index (χ2n) is 9.12. The molecule has 0 spiro atoms. The molecule has 2 amide bonds. The lowest BCUT2D eigenvalue weighted by Gasteiger charge is -2.26. The first-order chi connectivity index (χ1) is 17.5. The number of nitrogens with zero attached hydrogens (tertiary/aromatic N) is 4. The van der Waals surface area contributed by atoms with Crippen LogP contribution in [0.3, 0.4) is 0 Å². The predicted molar refractivity (Wildman–Crippen MR) is 137 cm³/mol. The second kappa shape index (κ2) is 12.0. The van der Waals surface area contributed by atoms with E-state index in [2.05, 4.69) is 26.3 Å². The fraction of sp³-hybridized carbons (Fsp3) is 0.444. The van der Waals surface area contributed by atoms with E-state index in [0.717, 1.165) is 44.1 Å². The maximum Gasteiger partial charge on any atom is 0.262 e. The number of imide groups is 1. The number of aromatic nitrogens is 3. The molecule has 1 aromatic carbocycles. The van der Waals surface area contributed by atoms with E-state index in [4.69, 9.17) is 4.74 Å². The van der Waals surface area contributed by atoms with Crippen molar-refractivity contribution in [1.29, 1.82) is 0 Å². The highest BCUT2D eigenvalue weighted by atomic mass is 16.5. The van der Waals surface area contributed by atoms with Crippen molar-refractivity contribution < 1.29 is 14.3 Å². The summed E-state index contributed by atoms with van der Waals surface area (Å²) in [5, 5.41) is 2.70. The molecule has 1 saturated heterocycles. The van der Waals surface area contributed by atoms with Gasteiger partial charge < -0.3 is 4.74 Å². The number of hydrogen-bond donors (Lipinski definition) is 1. The van der Waals surface area contributed by atoms with Crippen molar-refractivity contribution in [2.24, 2.45) is 0 Å². The summed E-state index contributed by atoms with van der Waals surface area (Å²) in [5.74, 6) is -0.0567. The molecule has 0 bridgehead atoms. The number of carbonyl (C=O) groups excluding carboxylic acids is 2. The van der Waals surface area contributed by atoms with E-state index in [1.54, 1.807) is 6.92 Å². The quantitative estimate of drug-likeness (QED) is 0.434. The van der Waals surface area contributed by atoms with Crippen LogP contribution in [0.1, 0.15) is 48.5 Å². The summed E-state index contributed by atoms with van der Waals surface area (Å²) in [4.78, 5) is 48.8. The molecule has 3 aromatic rings. The van der Waals surface area contributed by atoms with Crippen LogP contribution in [-0.2, 0) is 33.7 Å². The van der Waals surface area contributed by atoms with Gasteiger partial charge >= 0.3 is 0 Å². The maximum absolute atomic E-state index is 13.7. The lowest BCUT2D eigenvalue weighted by molar-refractivity contribution is -0.128. The van der Waals surface area contributed by atoms with Crippen molar-refractivity contribution in [2.75, 3.05) is 26.3 Å². The Morgan fingerprint density at radius 3 is 2.69 bits per heavy atom. The van der Waals surface area contributed by atoms with Crippen LogP contribution in [0, 0.1) is 6.92 Å². The Kier molecular flexibility index (Phi) is 8.56. The molecule has 1 aliphatic rings. The molecule has 0 radical (unpaired) electrons. The van der Waals surface area contributed by atoms with Gasteiger partial charge in [0.25, 0.3) is 5.56 Å². The number of aryl methyl sites for hydroxylation is 3. The molecule has 36 heavy (non-hydrogen) atoms. The zero-order valence-corrected chi connectivity index (χ0v) is 20.9. The number of pyridine rings is 1. The van der Waals surface area contributed by atoms with Crippen LogP contribution in [0.15, 0.2) is 41.3 Å². The van der Waals surface area contributed by atoms with E-state index in [0.29, 0.717) is 48.8 Å². The summed E-state index contributed by atoms with van der Waals surface area (Å²) in [7, 11) is 0. The van der Waals surface area contributed by atoms with Gasteiger partial charge in [-0.1, -0.05) is 31.5 Å². The molecule has 0 saturated carbocycles. The molecular formula is C27H33N5O4. The van der Waals surface area contributed by atoms with Crippen LogP contribution in [0.5, 0.6) is 0 Å². The molecule has 1 unspecified atom stereocenters. The lowest BCUT2D eigenvalue weighted by Crippen LogP contribution is -2.38. The minimum Gasteiger partial charge on any atom is -0.379 e. The highest BCUT2D eigenvalue weighted by Crippen LogP contribution is 2.20. The number of benzene rings is 1. The third-order valence-corrected chi connectivity index (χ3v) is 6.62. The van der Waals surface area contributed by atoms with Crippen molar-refractivity contribution in [1.82, 2.24) is 24.8 Å². The third-order valence-electron chi connectivity index (χ3n) is 6.62. The Balaban J connectivity index is 1.57. The largest absolute Gasteiger partial charge is 0.379 e. The number of nitrogens with one attached hydrogen (secondary N) is 1. The van der Waals surface area contributed by atoms with E-state index in [9.17, 15) is 14.4 Å². The van der Waals surface area contributed by atoms with Gasteiger partial charge in [-0.3, -0.25) is 34.2 Å². The summed E-state index contributed by atoms with van der Waals surface area (Å²) < 4.78 is 6.84. The fourth-order valence-electron chi connectivity index (χ4n) is 4.78. The molecule has 0 aliphatic carbocycles. The monoisotopic (exact) mass is 491 g/mol. The molecule has 1 atom stereocenters. The van der Waals surface area contributed by atoms with Crippen LogP contribution in [0.4, 0.5) is 0 Å². The van der Waals surface area contributed by atoms with Crippen LogP contribution in [-0.4, -0.2) is 58.1 Å². The molecule has 3 heterocycles. The molecule has 1 fully saturated rings. The fourth-order valence-corrected chi connectivity index (χ4v) is 4.78. The molecule has 9 heteroatoms. The zero-order chi connectivity index (χ0) is 25.5. The topological polar surface area (TPSA) is 106 Å². The Hall–Kier alpha value is -3.43. The Labute approximate surface area is 210 Å². The number of ether oxygens (including phenoxy) is 1. The van der Waals surface area contributed by atoms with Crippen molar-refractivity contribution in [3.63, 3.8) is 0 Å². The van der Waals surface area contributed by atoms with Gasteiger partial charge in [0.15, 0.2) is 0 Å². The average molecular weight is 492 g/mol. The van der Waals surface area contributed by atoms with Crippen molar-refractivity contribution >= 4 is 23.2 Å². The molecular weight excluding hydrogens is 458 g/mol. The average Bonchev–Trinajstić information content (AvgIpc) is 2.88. The molecule has 4 rings (SSSR count). The van der Waals surface area contributed by atoms with Crippen LogP contribution in [0.25, 0.3) is 10.9 Å². The summed E-state index contributed by atoms with van der Waals surface area (Å²) in [6.07, 6.45) is 4.67. The van der Waals surface area contributed by atoms with Crippen molar-refractivity contribution in [3.8, 4) is 0 Å². The number of fused-ring (bicyclic) bond motifs is 1. The van der Waals surface area contributed by atoms with Gasteiger partial charge in [0.2, 0.25) is 12.3 Å². The van der Waals surface area contributed by atoms with Crippen LogP contribution < -0.4 is 10.9 Å². The van der Waals surface area contributed by atoms with E-state index in [1.807, 2.05) is 37.4 Å². The first kappa shape index (κ1) is 25.7. The van der Waals surface area contributed by atoms with E-state index < -0.39 is 11.9 Å². The van der Waals surface area contributed by atoms with Gasteiger partial charge in [-0.15, -0.1) is 0 Å². The number of amides is 2. The first-order valence-corrected chi connectivity index (χ1v) is 12.5. The zero-order valence-electron chi connectivity index (χ0n) is 20.9. The molecule has 9 nitrogen and oxygen atoms in total. The summed E-state index contributed by atoms with van der Waals surface area (Å²) in [5.41, 5.74) is 3.33. The minimum absolute atomic E-state index is 0.263. The smallest absolute Gasteiger partial charge is 0.262 e. The van der Waals surface area contributed by atoms with E-state index >= 15 is 0 Å². The van der Waals surface area contributed by atoms with Crippen LogP contribution in [0.2, 0.25) is 0 Å². The maximum atomic E-state index is 13.7. The van der Waals surface area contributed by atoms with E-state index in [-0.39, 0.29) is 5.56 Å². The van der Waals surface area contributed by atoms with Crippen molar-refractivity contribution in [3.05, 3.63) is 69.5 Å². The predicted octanol–water partition coefficient (Wildman–Crippen LogP) is 2.33. The lowest BCUT2D eigenvalue weighted by atomic mass is 10.0. The number of morpholine rings is 1. The number of carbonyl (C=O) groups is 2. The SMILES string of the molecule is CCCC(C(=O)NC=O)n1c(C)nc2cccc(CCc3ccc(CN4CCOCC4)cn3)c2c1=O. The third kappa shape index (κ3) is 5.85. The minimum atomic E-state index is -0.793. The highest BCUT2D eigenvalue weighted by Gasteiger charge is 2.24. The molecule has 2 aromatic heterocycles. The molecule has 1 N–H and O–H groups in total. The Morgan fingerprint density at radius 2 is 2.00 bits per heavy atom. The normalized spacial score (nSPS) is 15.1. The number of hydrogen-bond acceptors (Lipinski definition) is 7. The molecule has 190 valence electrons. The van der Waals surface area contributed by atoms with Gasteiger partial charge in [-0.05, 0) is 49.4 Å². The highest BCUT2D eigenvalue weighted by molar-refractivity contribution is 5.89. The van der Waals surface area contributed by atoms with Gasteiger partial charge in [0, 0.05) is 31.5 Å². The summed E-state index contributed by atoms with van der Waals surface area (Å²) in [6.45, 7) is 7.92. The van der Waals surface area contributed by atoms with E-state index in [1.165, 1.54) is 10.1 Å². The van der Waals surface area contributed by atoms with Crippen molar-refractivity contribution in [2.45, 2.75) is 52.1 Å². The second-order valence-corrected chi connectivity index (χ2v) is 9.12. The van der Waals surface area contributed by atoms with Gasteiger partial charge in [-0.25, -0.2) is 4.98 Å². The Morgan fingerprint density at radius 1 is 1.19 bits per heavy atom. The van der Waals surface area contributed by atoms with Gasteiger partial charge in [-0.2, -0.15) is 0 Å². The molecule has 1 aliphatic heterocycles. The standard InChI is InChI=1S/C27H33N5O4/c1-3-5-24(26(34)29-18-33)32-19(2)30-23-7-4-6-21(25(23)27(32)35)9-11-22-10-8-20(16-28-22)17-31-12-14-36-15-13-31/h4,6-8,10,16,18,24H,3,5,9,11-15,17H2,1-2H3,(H,29,33,34). The van der Waals surface area contributed by atoms with Crippen LogP contribution >= 0.6 is 0 Å². The van der Waals surface area contributed by atoms with Gasteiger partial charge in [0.1, 0.15) is 11.9 Å².